The molecule has 1 amide bonds. The van der Waals surface area contributed by atoms with Gasteiger partial charge in [0.05, 0.1) is 18.6 Å². The summed E-state index contributed by atoms with van der Waals surface area (Å²) in [4.78, 5) is 33.6. The zero-order valence-electron chi connectivity index (χ0n) is 14.5. The second-order valence-corrected chi connectivity index (χ2v) is 5.38. The molecule has 0 heterocycles. The summed E-state index contributed by atoms with van der Waals surface area (Å²) in [6, 6.07) is 11.0. The molecule has 2 N–H and O–H groups in total. The van der Waals surface area contributed by atoms with Crippen LogP contribution in [0.25, 0.3) is 0 Å². The topological polar surface area (TPSA) is 128 Å². The van der Waals surface area contributed by atoms with Crippen molar-refractivity contribution in [3.05, 3.63) is 63.7 Å². The number of amides is 1. The van der Waals surface area contributed by atoms with Crippen molar-refractivity contribution in [2.75, 3.05) is 20.3 Å². The van der Waals surface area contributed by atoms with Gasteiger partial charge in [-0.05, 0) is 30.7 Å². The highest BCUT2D eigenvalue weighted by Gasteiger charge is 2.29. The van der Waals surface area contributed by atoms with Crippen LogP contribution in [0.1, 0.15) is 27.1 Å². The number of nitro groups is 1. The van der Waals surface area contributed by atoms with Crippen molar-refractivity contribution < 1.29 is 29.1 Å². The number of carbonyl (C=O) groups excluding carboxylic acids is 1. The third-order valence-corrected chi connectivity index (χ3v) is 3.62. The predicted octanol–water partition coefficient (Wildman–Crippen LogP) is 2.50. The molecule has 0 radical (unpaired) electrons. The van der Waals surface area contributed by atoms with Gasteiger partial charge in [0, 0.05) is 12.1 Å². The van der Waals surface area contributed by atoms with E-state index in [1.165, 1.54) is 13.2 Å². The van der Waals surface area contributed by atoms with E-state index in [1.807, 2.05) is 0 Å². The molecule has 2 rings (SSSR count). The highest BCUT2D eigenvalue weighted by Crippen LogP contribution is 2.39. The smallest absolute Gasteiger partial charge is 0.342 e. The maximum atomic E-state index is 11.9. The highest BCUT2D eigenvalue weighted by molar-refractivity contribution is 5.94. The summed E-state index contributed by atoms with van der Waals surface area (Å²) in [5, 5.41) is 23.1. The van der Waals surface area contributed by atoms with Crippen molar-refractivity contribution in [1.82, 2.24) is 5.32 Å². The van der Waals surface area contributed by atoms with Crippen LogP contribution in [0.3, 0.4) is 0 Å². The lowest BCUT2D eigenvalue weighted by Crippen LogP contribution is -2.25. The molecular formula is C18H18N2O7. The van der Waals surface area contributed by atoms with Gasteiger partial charge < -0.3 is 19.9 Å². The number of methoxy groups -OCH3 is 1. The monoisotopic (exact) mass is 374 g/mol. The minimum absolute atomic E-state index is 0.0232. The average molecular weight is 374 g/mol. The van der Waals surface area contributed by atoms with Crippen LogP contribution < -0.4 is 14.8 Å². The van der Waals surface area contributed by atoms with Crippen LogP contribution in [-0.2, 0) is 0 Å². The lowest BCUT2D eigenvalue weighted by Gasteiger charge is -2.12. The van der Waals surface area contributed by atoms with E-state index >= 15 is 0 Å². The summed E-state index contributed by atoms with van der Waals surface area (Å²) in [6.07, 6.45) is 0.357. The van der Waals surface area contributed by atoms with Crippen molar-refractivity contribution in [3.63, 3.8) is 0 Å². The molecule has 0 saturated heterocycles. The van der Waals surface area contributed by atoms with Gasteiger partial charge in [-0.1, -0.05) is 18.2 Å². The highest BCUT2D eigenvalue weighted by atomic mass is 16.6. The maximum absolute atomic E-state index is 11.9. The number of benzene rings is 2. The summed E-state index contributed by atoms with van der Waals surface area (Å²) in [5.74, 6) is -1.88. The first-order valence-corrected chi connectivity index (χ1v) is 8.00. The van der Waals surface area contributed by atoms with Gasteiger partial charge in [0.1, 0.15) is 5.56 Å². The molecule has 0 aromatic heterocycles. The van der Waals surface area contributed by atoms with E-state index in [1.54, 1.807) is 30.3 Å². The third kappa shape index (κ3) is 4.94. The lowest BCUT2D eigenvalue weighted by molar-refractivity contribution is -0.386. The summed E-state index contributed by atoms with van der Waals surface area (Å²) >= 11 is 0. The zero-order valence-corrected chi connectivity index (χ0v) is 14.5. The number of nitro benzene ring substituents is 1. The Hall–Kier alpha value is -3.62. The van der Waals surface area contributed by atoms with Gasteiger partial charge in [0.25, 0.3) is 5.91 Å². The van der Waals surface area contributed by atoms with Crippen molar-refractivity contribution >= 4 is 17.6 Å². The first-order valence-electron chi connectivity index (χ1n) is 8.00. The van der Waals surface area contributed by atoms with Crippen molar-refractivity contribution in [1.29, 1.82) is 0 Å². The Balaban J connectivity index is 2.00. The number of aromatic carboxylic acids is 1. The lowest BCUT2D eigenvalue weighted by atomic mass is 10.1. The predicted molar refractivity (Wildman–Crippen MR) is 95.5 cm³/mol. The van der Waals surface area contributed by atoms with Crippen LogP contribution in [0.4, 0.5) is 5.69 Å². The van der Waals surface area contributed by atoms with E-state index < -0.39 is 22.1 Å². The zero-order chi connectivity index (χ0) is 19.8. The van der Waals surface area contributed by atoms with Gasteiger partial charge in [-0.3, -0.25) is 14.9 Å². The van der Waals surface area contributed by atoms with Crippen molar-refractivity contribution in [2.45, 2.75) is 6.42 Å². The second-order valence-electron chi connectivity index (χ2n) is 5.38. The summed E-state index contributed by atoms with van der Waals surface area (Å²) in [5.41, 5.74) is -0.645. The minimum atomic E-state index is -1.44. The standard InChI is InChI=1S/C18H18N2O7/c1-26-14-9-8-13(18(22)23)15(20(24)25)16(14)27-11-5-10-19-17(21)12-6-3-2-4-7-12/h2-4,6-9H,5,10-11H2,1H3,(H,19,21)(H,22,23). The van der Waals surface area contributed by atoms with E-state index in [0.29, 0.717) is 12.0 Å². The number of ether oxygens (including phenoxy) is 2. The number of nitrogens with one attached hydrogen (secondary N) is 1. The fourth-order valence-corrected chi connectivity index (χ4v) is 2.35. The molecular weight excluding hydrogens is 356 g/mol. The van der Waals surface area contributed by atoms with Crippen LogP contribution in [0.15, 0.2) is 42.5 Å². The molecule has 9 nitrogen and oxygen atoms in total. The largest absolute Gasteiger partial charge is 0.493 e. The Morgan fingerprint density at radius 3 is 2.48 bits per heavy atom. The normalized spacial score (nSPS) is 10.1. The number of nitrogens with zero attached hydrogens (tertiary/aromatic N) is 1. The van der Waals surface area contributed by atoms with Crippen LogP contribution in [-0.4, -0.2) is 42.2 Å². The molecule has 0 aliphatic heterocycles. The quantitative estimate of drug-likeness (QED) is 0.392. The molecule has 142 valence electrons. The fourth-order valence-electron chi connectivity index (χ4n) is 2.35. The van der Waals surface area contributed by atoms with E-state index in [4.69, 9.17) is 14.6 Å². The van der Waals surface area contributed by atoms with Crippen LogP contribution in [0.5, 0.6) is 11.5 Å². The molecule has 0 spiro atoms. The molecule has 9 heteroatoms. The van der Waals surface area contributed by atoms with Crippen LogP contribution in [0.2, 0.25) is 0 Å². The summed E-state index contributed by atoms with van der Waals surface area (Å²) < 4.78 is 10.4. The maximum Gasteiger partial charge on any atom is 0.342 e. The number of hydrogen-bond acceptors (Lipinski definition) is 6. The van der Waals surface area contributed by atoms with Gasteiger partial charge in [-0.25, -0.2) is 4.79 Å². The Kier molecular flexibility index (Phi) is 6.70. The Labute approximate surface area is 154 Å². The van der Waals surface area contributed by atoms with Gasteiger partial charge in [-0.2, -0.15) is 0 Å². The van der Waals surface area contributed by atoms with Crippen molar-refractivity contribution in [3.8, 4) is 11.5 Å². The summed E-state index contributed by atoms with van der Waals surface area (Å²) in [7, 11) is 1.30. The fraction of sp³-hybridized carbons (Fsp3) is 0.222. The van der Waals surface area contributed by atoms with Gasteiger partial charge in [0.2, 0.25) is 5.75 Å². The van der Waals surface area contributed by atoms with E-state index in [2.05, 4.69) is 5.32 Å². The number of carbonyl (C=O) groups is 2. The molecule has 0 aliphatic carbocycles. The van der Waals surface area contributed by atoms with Gasteiger partial charge in [-0.15, -0.1) is 0 Å². The first-order chi connectivity index (χ1) is 13.0. The van der Waals surface area contributed by atoms with Crippen LogP contribution >= 0.6 is 0 Å². The van der Waals surface area contributed by atoms with Crippen molar-refractivity contribution in [2.24, 2.45) is 0 Å². The Morgan fingerprint density at radius 2 is 1.89 bits per heavy atom. The number of carboxylic acid groups (broad SMARTS) is 1. The molecule has 0 atom stereocenters. The molecule has 0 bridgehead atoms. The number of rotatable bonds is 9. The average Bonchev–Trinajstić information content (AvgIpc) is 2.67. The van der Waals surface area contributed by atoms with Gasteiger partial charge in [0.15, 0.2) is 5.75 Å². The molecule has 2 aromatic rings. The molecule has 0 fully saturated rings. The molecule has 0 unspecified atom stereocenters. The van der Waals surface area contributed by atoms with E-state index in [9.17, 15) is 19.7 Å². The number of carboxylic acids is 1. The SMILES string of the molecule is COc1ccc(C(=O)O)c([N+](=O)[O-])c1OCCCNC(=O)c1ccccc1. The van der Waals surface area contributed by atoms with E-state index in [-0.39, 0.29) is 30.6 Å². The first kappa shape index (κ1) is 19.7. The molecule has 2 aromatic carbocycles. The minimum Gasteiger partial charge on any atom is -0.493 e. The van der Waals surface area contributed by atoms with Crippen LogP contribution in [0, 0.1) is 10.1 Å². The van der Waals surface area contributed by atoms with Gasteiger partial charge >= 0.3 is 11.7 Å². The molecule has 0 saturated carbocycles. The Morgan fingerprint density at radius 1 is 1.19 bits per heavy atom. The molecule has 0 aliphatic rings. The summed E-state index contributed by atoms with van der Waals surface area (Å²) in [6.45, 7) is 0.303. The number of hydrogen-bond donors (Lipinski definition) is 2. The third-order valence-electron chi connectivity index (χ3n) is 3.62. The van der Waals surface area contributed by atoms with E-state index in [0.717, 1.165) is 6.07 Å². The Bertz CT molecular complexity index is 837. The molecule has 27 heavy (non-hydrogen) atoms. The second kappa shape index (κ2) is 9.18.